The molecule has 4 heteroatoms. The van der Waals surface area contributed by atoms with E-state index in [1.165, 1.54) is 25.7 Å². The highest BCUT2D eigenvalue weighted by Gasteiger charge is 2.29. The number of nitrogens with zero attached hydrogens (tertiary/aromatic N) is 1. The van der Waals surface area contributed by atoms with Crippen molar-refractivity contribution in [2.45, 2.75) is 59.0 Å². The number of aromatic carboxylic acids is 1. The van der Waals surface area contributed by atoms with E-state index in [1.54, 1.807) is 6.07 Å². The summed E-state index contributed by atoms with van der Waals surface area (Å²) < 4.78 is 5.27. The van der Waals surface area contributed by atoms with Crippen LogP contribution in [-0.4, -0.2) is 29.1 Å². The van der Waals surface area contributed by atoms with Crippen LogP contribution in [0.4, 0.5) is 0 Å². The topological polar surface area (TPSA) is 53.7 Å². The molecular weight excluding hydrogens is 254 g/mol. The van der Waals surface area contributed by atoms with Crippen LogP contribution in [0.3, 0.4) is 0 Å². The second-order valence-electron chi connectivity index (χ2n) is 6.81. The van der Waals surface area contributed by atoms with E-state index in [1.807, 2.05) is 6.92 Å². The lowest BCUT2D eigenvalue weighted by Crippen LogP contribution is -2.36. The van der Waals surface area contributed by atoms with Gasteiger partial charge in [0, 0.05) is 18.2 Å². The molecule has 0 radical (unpaired) electrons. The highest BCUT2D eigenvalue weighted by Crippen LogP contribution is 2.37. The fraction of sp³-hybridized carbons (Fsp3) is 0.688. The Balaban J connectivity index is 1.98. The van der Waals surface area contributed by atoms with Crippen molar-refractivity contribution < 1.29 is 14.3 Å². The third kappa shape index (κ3) is 3.42. The summed E-state index contributed by atoms with van der Waals surface area (Å²) in [5.74, 6) is -0.248. The molecular formula is C16H25NO3. The number of hydrogen-bond acceptors (Lipinski definition) is 3. The lowest BCUT2D eigenvalue weighted by molar-refractivity contribution is 0.0661. The maximum atomic E-state index is 10.9. The van der Waals surface area contributed by atoms with Crippen molar-refractivity contribution in [3.05, 3.63) is 23.2 Å². The van der Waals surface area contributed by atoms with E-state index in [0.29, 0.717) is 17.2 Å². The Morgan fingerprint density at radius 3 is 2.55 bits per heavy atom. The van der Waals surface area contributed by atoms with Crippen LogP contribution in [-0.2, 0) is 6.54 Å². The standard InChI is InChI=1S/C16H25NO3/c1-11-12(9-14(20-11)15(18)19)10-17(4)13-5-7-16(2,3)8-6-13/h9,13H,5-8,10H2,1-4H3,(H,18,19). The second-order valence-corrected chi connectivity index (χ2v) is 6.81. The van der Waals surface area contributed by atoms with Gasteiger partial charge < -0.3 is 9.52 Å². The summed E-state index contributed by atoms with van der Waals surface area (Å²) in [5.41, 5.74) is 1.45. The molecule has 0 unspecified atom stereocenters. The summed E-state index contributed by atoms with van der Waals surface area (Å²) in [6, 6.07) is 2.24. The smallest absolute Gasteiger partial charge is 0.371 e. The Bertz CT molecular complexity index is 480. The van der Waals surface area contributed by atoms with Crippen molar-refractivity contribution in [1.29, 1.82) is 0 Å². The van der Waals surface area contributed by atoms with Crippen molar-refractivity contribution in [3.63, 3.8) is 0 Å². The zero-order valence-corrected chi connectivity index (χ0v) is 12.9. The number of carboxylic acids is 1. The van der Waals surface area contributed by atoms with Crippen LogP contribution in [0.15, 0.2) is 10.5 Å². The van der Waals surface area contributed by atoms with Gasteiger partial charge in [-0.25, -0.2) is 4.79 Å². The van der Waals surface area contributed by atoms with Gasteiger partial charge in [0.25, 0.3) is 0 Å². The minimum Gasteiger partial charge on any atom is -0.475 e. The van der Waals surface area contributed by atoms with Gasteiger partial charge in [-0.1, -0.05) is 13.8 Å². The molecule has 1 aliphatic rings. The fourth-order valence-corrected chi connectivity index (χ4v) is 3.00. The lowest BCUT2D eigenvalue weighted by atomic mass is 9.75. The van der Waals surface area contributed by atoms with Crippen molar-refractivity contribution >= 4 is 5.97 Å². The maximum Gasteiger partial charge on any atom is 0.371 e. The van der Waals surface area contributed by atoms with E-state index in [4.69, 9.17) is 9.52 Å². The molecule has 20 heavy (non-hydrogen) atoms. The van der Waals surface area contributed by atoms with Gasteiger partial charge in [-0.3, -0.25) is 4.90 Å². The number of carbonyl (C=O) groups is 1. The zero-order valence-electron chi connectivity index (χ0n) is 12.9. The first-order chi connectivity index (χ1) is 9.28. The molecule has 4 nitrogen and oxygen atoms in total. The highest BCUT2D eigenvalue weighted by molar-refractivity contribution is 5.84. The SMILES string of the molecule is Cc1oc(C(=O)O)cc1CN(C)C1CCC(C)(C)CC1. The predicted octanol–water partition coefficient (Wildman–Crippen LogP) is 3.69. The van der Waals surface area contributed by atoms with Crippen LogP contribution >= 0.6 is 0 Å². The van der Waals surface area contributed by atoms with Crippen LogP contribution in [0.5, 0.6) is 0 Å². The first kappa shape index (κ1) is 15.1. The summed E-state index contributed by atoms with van der Waals surface area (Å²) in [7, 11) is 2.12. The Morgan fingerprint density at radius 2 is 2.05 bits per heavy atom. The lowest BCUT2D eigenvalue weighted by Gasteiger charge is -2.38. The average molecular weight is 279 g/mol. The highest BCUT2D eigenvalue weighted by atomic mass is 16.4. The molecule has 0 bridgehead atoms. The van der Waals surface area contributed by atoms with Gasteiger partial charge in [-0.05, 0) is 51.1 Å². The Hall–Kier alpha value is -1.29. The molecule has 112 valence electrons. The minimum atomic E-state index is -0.999. The Morgan fingerprint density at radius 1 is 1.45 bits per heavy atom. The van der Waals surface area contributed by atoms with Gasteiger partial charge in [0.1, 0.15) is 5.76 Å². The third-order valence-corrected chi connectivity index (χ3v) is 4.58. The Kier molecular flexibility index (Phi) is 4.23. The second kappa shape index (κ2) is 5.60. The van der Waals surface area contributed by atoms with Gasteiger partial charge in [-0.15, -0.1) is 0 Å². The normalized spacial score (nSPS) is 19.4. The summed E-state index contributed by atoms with van der Waals surface area (Å²) in [6.07, 6.45) is 4.94. The summed E-state index contributed by atoms with van der Waals surface area (Å²) in [4.78, 5) is 13.3. The van der Waals surface area contributed by atoms with Gasteiger partial charge in [0.05, 0.1) is 0 Å². The van der Waals surface area contributed by atoms with Gasteiger partial charge in [0.2, 0.25) is 5.76 Å². The Labute approximate surface area is 120 Å². The first-order valence-electron chi connectivity index (χ1n) is 7.31. The van der Waals surface area contributed by atoms with Crippen molar-refractivity contribution in [1.82, 2.24) is 4.90 Å². The van der Waals surface area contributed by atoms with E-state index in [2.05, 4.69) is 25.8 Å². The molecule has 1 aliphatic carbocycles. The number of carboxylic acid groups (broad SMARTS) is 1. The van der Waals surface area contributed by atoms with E-state index in [9.17, 15) is 4.79 Å². The number of hydrogen-bond donors (Lipinski definition) is 1. The molecule has 0 aromatic carbocycles. The summed E-state index contributed by atoms with van der Waals surface area (Å²) in [5, 5.41) is 8.96. The minimum absolute atomic E-state index is 0.0377. The molecule has 1 N–H and O–H groups in total. The molecule has 0 saturated heterocycles. The molecule has 1 aromatic rings. The van der Waals surface area contributed by atoms with Gasteiger partial charge >= 0.3 is 5.97 Å². The van der Waals surface area contributed by atoms with Crippen molar-refractivity contribution in [2.75, 3.05) is 7.05 Å². The van der Waals surface area contributed by atoms with E-state index < -0.39 is 5.97 Å². The molecule has 1 heterocycles. The van der Waals surface area contributed by atoms with Crippen LogP contribution in [0.1, 0.15) is 61.4 Å². The van der Waals surface area contributed by atoms with Crippen LogP contribution in [0, 0.1) is 12.3 Å². The van der Waals surface area contributed by atoms with E-state index >= 15 is 0 Å². The number of aryl methyl sites for hydroxylation is 1. The zero-order chi connectivity index (χ0) is 14.9. The molecule has 0 spiro atoms. The molecule has 0 atom stereocenters. The largest absolute Gasteiger partial charge is 0.475 e. The molecule has 1 aromatic heterocycles. The fourth-order valence-electron chi connectivity index (χ4n) is 3.00. The molecule has 0 aliphatic heterocycles. The monoisotopic (exact) mass is 279 g/mol. The number of rotatable bonds is 4. The molecule has 1 fully saturated rings. The van der Waals surface area contributed by atoms with Crippen LogP contribution in [0.2, 0.25) is 0 Å². The van der Waals surface area contributed by atoms with Crippen molar-refractivity contribution in [3.8, 4) is 0 Å². The number of furan rings is 1. The van der Waals surface area contributed by atoms with Gasteiger partial charge in [0.15, 0.2) is 0 Å². The summed E-state index contributed by atoms with van der Waals surface area (Å²) >= 11 is 0. The van der Waals surface area contributed by atoms with Crippen molar-refractivity contribution in [2.24, 2.45) is 5.41 Å². The molecule has 0 amide bonds. The van der Waals surface area contributed by atoms with Gasteiger partial charge in [-0.2, -0.15) is 0 Å². The quantitative estimate of drug-likeness (QED) is 0.913. The third-order valence-electron chi connectivity index (χ3n) is 4.58. The molecule has 1 saturated carbocycles. The van der Waals surface area contributed by atoms with Crippen LogP contribution in [0.25, 0.3) is 0 Å². The first-order valence-corrected chi connectivity index (χ1v) is 7.31. The molecule has 2 rings (SSSR count). The average Bonchev–Trinajstić information content (AvgIpc) is 2.71. The maximum absolute atomic E-state index is 10.9. The van der Waals surface area contributed by atoms with E-state index in [0.717, 1.165) is 12.1 Å². The summed E-state index contributed by atoms with van der Waals surface area (Å²) in [6.45, 7) is 7.26. The predicted molar refractivity (Wildman–Crippen MR) is 77.9 cm³/mol. The van der Waals surface area contributed by atoms with E-state index in [-0.39, 0.29) is 5.76 Å². The van der Waals surface area contributed by atoms with Crippen LogP contribution < -0.4 is 0 Å².